The summed E-state index contributed by atoms with van der Waals surface area (Å²) in [6, 6.07) is 14.0. The third kappa shape index (κ3) is 3.67. The summed E-state index contributed by atoms with van der Waals surface area (Å²) in [6.07, 6.45) is 1.94. The molecule has 0 bridgehead atoms. The van der Waals surface area contributed by atoms with Crippen LogP contribution in [0.5, 0.6) is 5.75 Å². The van der Waals surface area contributed by atoms with Crippen molar-refractivity contribution in [2.75, 3.05) is 18.0 Å². The predicted molar refractivity (Wildman–Crippen MR) is 117 cm³/mol. The van der Waals surface area contributed by atoms with Gasteiger partial charge in [-0.2, -0.15) is 0 Å². The largest absolute Gasteiger partial charge is 0.486 e. The number of halogens is 1. The Bertz CT molecular complexity index is 1130. The molecule has 2 aromatic carbocycles. The van der Waals surface area contributed by atoms with Crippen LogP contribution in [0.25, 0.3) is 11.3 Å². The van der Waals surface area contributed by atoms with E-state index in [1.165, 1.54) is 12.1 Å². The molecular weight excluding hydrogens is 393 g/mol. The Morgan fingerprint density at radius 1 is 0.968 bits per heavy atom. The van der Waals surface area contributed by atoms with Gasteiger partial charge in [0.25, 0.3) is 0 Å². The van der Waals surface area contributed by atoms with Crippen molar-refractivity contribution >= 4 is 11.6 Å². The van der Waals surface area contributed by atoms with Crippen LogP contribution in [0.3, 0.4) is 0 Å². The molecule has 2 aliphatic heterocycles. The number of fused-ring (bicyclic) bond motifs is 1. The molecule has 0 amide bonds. The fourth-order valence-electron chi connectivity index (χ4n) is 4.44. The number of aromatic nitrogens is 2. The van der Waals surface area contributed by atoms with Gasteiger partial charge in [0.2, 0.25) is 0 Å². The molecule has 31 heavy (non-hydrogen) atoms. The molecular formula is C25H24FN3O2. The lowest BCUT2D eigenvalue weighted by Gasteiger charge is -2.44. The van der Waals surface area contributed by atoms with Crippen LogP contribution in [0.2, 0.25) is 0 Å². The average Bonchev–Trinajstić information content (AvgIpc) is 2.77. The van der Waals surface area contributed by atoms with Gasteiger partial charge in [-0.3, -0.25) is 4.79 Å². The monoisotopic (exact) mass is 417 g/mol. The van der Waals surface area contributed by atoms with E-state index in [1.54, 1.807) is 12.1 Å². The summed E-state index contributed by atoms with van der Waals surface area (Å²) in [5.74, 6) is 1.42. The second-order valence-corrected chi connectivity index (χ2v) is 8.59. The molecule has 1 spiro atoms. The highest BCUT2D eigenvalue weighted by atomic mass is 19.1. The summed E-state index contributed by atoms with van der Waals surface area (Å²) in [7, 11) is 0. The minimum Gasteiger partial charge on any atom is -0.486 e. The Hall–Kier alpha value is -3.28. The Labute approximate surface area is 180 Å². The molecule has 0 radical (unpaired) electrons. The van der Waals surface area contributed by atoms with E-state index in [0.717, 1.165) is 54.2 Å². The van der Waals surface area contributed by atoms with E-state index in [4.69, 9.17) is 4.74 Å². The number of anilines is 1. The van der Waals surface area contributed by atoms with E-state index in [-0.39, 0.29) is 11.6 Å². The number of nitrogens with zero attached hydrogens (tertiary/aromatic N) is 3. The molecule has 158 valence electrons. The van der Waals surface area contributed by atoms with E-state index in [9.17, 15) is 9.18 Å². The molecule has 0 aliphatic carbocycles. The molecule has 1 saturated heterocycles. The van der Waals surface area contributed by atoms with Crippen molar-refractivity contribution in [2.24, 2.45) is 0 Å². The normalized spacial score (nSPS) is 17.4. The Morgan fingerprint density at radius 3 is 2.35 bits per heavy atom. The zero-order chi connectivity index (χ0) is 21.6. The minimum absolute atomic E-state index is 0.168. The quantitative estimate of drug-likeness (QED) is 0.593. The second kappa shape index (κ2) is 7.45. The van der Waals surface area contributed by atoms with Crippen LogP contribution < -0.4 is 9.64 Å². The number of Topliss-reactive ketones (excluding diaryl/α,β-unsaturated/α-hetero) is 1. The van der Waals surface area contributed by atoms with E-state index >= 15 is 0 Å². The summed E-state index contributed by atoms with van der Waals surface area (Å²) >= 11 is 0. The van der Waals surface area contributed by atoms with Crippen LogP contribution >= 0.6 is 0 Å². The Balaban J connectivity index is 1.29. The van der Waals surface area contributed by atoms with Crippen molar-refractivity contribution in [2.45, 2.75) is 38.7 Å². The lowest BCUT2D eigenvalue weighted by Crippen LogP contribution is -2.51. The SMILES string of the molecule is Cc1cc2c(cc1C)C(=O)CC1(CCN(c3ccc(-c4ccc(F)cc4)nn3)CC1)O2. The molecule has 1 aromatic heterocycles. The minimum atomic E-state index is -0.441. The highest BCUT2D eigenvalue weighted by Gasteiger charge is 2.43. The van der Waals surface area contributed by atoms with Crippen molar-refractivity contribution in [3.8, 4) is 17.0 Å². The van der Waals surface area contributed by atoms with E-state index < -0.39 is 5.60 Å². The zero-order valence-corrected chi connectivity index (χ0v) is 17.7. The number of ether oxygens (including phenoxy) is 1. The smallest absolute Gasteiger partial charge is 0.170 e. The molecule has 3 heterocycles. The Morgan fingerprint density at radius 2 is 1.68 bits per heavy atom. The fourth-order valence-corrected chi connectivity index (χ4v) is 4.44. The molecule has 1 fully saturated rings. The molecule has 0 unspecified atom stereocenters. The Kier molecular flexibility index (Phi) is 4.73. The molecule has 5 rings (SSSR count). The fraction of sp³-hybridized carbons (Fsp3) is 0.320. The number of carbonyl (C=O) groups is 1. The molecule has 2 aliphatic rings. The first-order chi connectivity index (χ1) is 14.9. The first-order valence-corrected chi connectivity index (χ1v) is 10.6. The number of ketones is 1. The van der Waals surface area contributed by atoms with E-state index in [1.807, 2.05) is 38.1 Å². The highest BCUT2D eigenvalue weighted by molar-refractivity contribution is 6.00. The average molecular weight is 417 g/mol. The summed E-state index contributed by atoms with van der Waals surface area (Å²) < 4.78 is 19.6. The summed E-state index contributed by atoms with van der Waals surface area (Å²) in [5.41, 5.74) is 4.06. The molecule has 3 aromatic rings. The first-order valence-electron chi connectivity index (χ1n) is 10.6. The maximum Gasteiger partial charge on any atom is 0.170 e. The van der Waals surface area contributed by atoms with Gasteiger partial charge in [-0.25, -0.2) is 4.39 Å². The van der Waals surface area contributed by atoms with Crippen molar-refractivity contribution in [1.29, 1.82) is 0 Å². The van der Waals surface area contributed by atoms with Gasteiger partial charge in [0.1, 0.15) is 17.2 Å². The number of piperidine rings is 1. The van der Waals surface area contributed by atoms with Gasteiger partial charge in [0, 0.05) is 31.5 Å². The molecule has 0 atom stereocenters. The summed E-state index contributed by atoms with van der Waals surface area (Å²) in [5, 5.41) is 8.70. The maximum absolute atomic E-state index is 13.1. The topological polar surface area (TPSA) is 55.3 Å². The van der Waals surface area contributed by atoms with Gasteiger partial charge in [-0.1, -0.05) is 0 Å². The predicted octanol–water partition coefficient (Wildman–Crippen LogP) is 4.90. The molecule has 0 saturated carbocycles. The van der Waals surface area contributed by atoms with Gasteiger partial charge in [-0.15, -0.1) is 10.2 Å². The standard InChI is InChI=1S/C25H24FN3O2/c1-16-13-20-22(30)15-25(31-23(20)14-17(16)2)9-11-29(12-10-25)24-8-7-21(27-28-24)18-3-5-19(26)6-4-18/h3-8,13-14H,9-12,15H2,1-2H3. The lowest BCUT2D eigenvalue weighted by atomic mass is 9.82. The number of benzene rings is 2. The molecule has 0 N–H and O–H groups in total. The second-order valence-electron chi connectivity index (χ2n) is 8.59. The maximum atomic E-state index is 13.1. The zero-order valence-electron chi connectivity index (χ0n) is 17.7. The number of aryl methyl sites for hydroxylation is 2. The van der Waals surface area contributed by atoms with Gasteiger partial charge < -0.3 is 9.64 Å². The number of hydrogen-bond acceptors (Lipinski definition) is 5. The lowest BCUT2D eigenvalue weighted by molar-refractivity contribution is 0.0230. The summed E-state index contributed by atoms with van der Waals surface area (Å²) in [6.45, 7) is 5.56. The van der Waals surface area contributed by atoms with Crippen LogP contribution in [0.15, 0.2) is 48.5 Å². The number of carbonyl (C=O) groups excluding carboxylic acids is 1. The van der Waals surface area contributed by atoms with Gasteiger partial charge in [0.05, 0.1) is 17.7 Å². The van der Waals surface area contributed by atoms with E-state index in [2.05, 4.69) is 15.1 Å². The van der Waals surface area contributed by atoms with Crippen molar-refractivity contribution < 1.29 is 13.9 Å². The van der Waals surface area contributed by atoms with Crippen LogP contribution in [0.1, 0.15) is 40.7 Å². The van der Waals surface area contributed by atoms with Gasteiger partial charge in [-0.05, 0) is 73.5 Å². The van der Waals surface area contributed by atoms with Gasteiger partial charge in [0.15, 0.2) is 11.6 Å². The van der Waals surface area contributed by atoms with Crippen molar-refractivity contribution in [3.05, 3.63) is 71.0 Å². The van der Waals surface area contributed by atoms with Crippen LogP contribution in [0.4, 0.5) is 10.2 Å². The first kappa shape index (κ1) is 19.7. The van der Waals surface area contributed by atoms with Crippen molar-refractivity contribution in [3.63, 3.8) is 0 Å². The summed E-state index contributed by atoms with van der Waals surface area (Å²) in [4.78, 5) is 15.0. The number of rotatable bonds is 2. The van der Waals surface area contributed by atoms with Crippen LogP contribution in [0, 0.1) is 19.7 Å². The van der Waals surface area contributed by atoms with Gasteiger partial charge >= 0.3 is 0 Å². The highest BCUT2D eigenvalue weighted by Crippen LogP contribution is 2.40. The molecule has 6 heteroatoms. The molecule has 5 nitrogen and oxygen atoms in total. The third-order valence-corrected chi connectivity index (χ3v) is 6.49. The van der Waals surface area contributed by atoms with E-state index in [0.29, 0.717) is 17.7 Å². The number of hydrogen-bond donors (Lipinski definition) is 0. The van der Waals surface area contributed by atoms with Crippen LogP contribution in [-0.4, -0.2) is 34.7 Å². The third-order valence-electron chi connectivity index (χ3n) is 6.49. The van der Waals surface area contributed by atoms with Crippen molar-refractivity contribution in [1.82, 2.24) is 10.2 Å². The van der Waals surface area contributed by atoms with Crippen LogP contribution in [-0.2, 0) is 0 Å².